The largest absolute Gasteiger partial charge is 0.330 e. The van der Waals surface area contributed by atoms with E-state index >= 15 is 0 Å². The Labute approximate surface area is 162 Å². The van der Waals surface area contributed by atoms with Gasteiger partial charge in [0, 0.05) is 11.9 Å². The Balaban J connectivity index is 1.73. The minimum absolute atomic E-state index is 0.0130. The molecule has 0 aliphatic rings. The maximum Gasteiger partial charge on any atom is 0.278 e. The predicted octanol–water partition coefficient (Wildman–Crippen LogP) is 4.45. The molecular weight excluding hydrogens is 346 g/mol. The highest BCUT2D eigenvalue weighted by Gasteiger charge is 2.16. The fourth-order valence-electron chi connectivity index (χ4n) is 3.77. The summed E-state index contributed by atoms with van der Waals surface area (Å²) in [5.74, 6) is 0. The molecule has 0 bridgehead atoms. The average molecular weight is 365 g/mol. The Kier molecular flexibility index (Phi) is 4.02. The van der Waals surface area contributed by atoms with Crippen molar-refractivity contribution in [3.8, 4) is 0 Å². The van der Waals surface area contributed by atoms with Gasteiger partial charge < -0.3 is 4.57 Å². The molecule has 0 atom stereocenters. The summed E-state index contributed by atoms with van der Waals surface area (Å²) in [5, 5.41) is 1.01. The fourth-order valence-corrected chi connectivity index (χ4v) is 3.77. The molecule has 0 aliphatic heterocycles. The average Bonchev–Trinajstić information content (AvgIpc) is 3.06. The van der Waals surface area contributed by atoms with E-state index in [0.717, 1.165) is 27.5 Å². The minimum atomic E-state index is -0.0130. The Morgan fingerprint density at radius 1 is 0.714 bits per heavy atom. The molecule has 2 heterocycles. The van der Waals surface area contributed by atoms with Crippen LogP contribution in [0.25, 0.3) is 21.9 Å². The maximum absolute atomic E-state index is 13.4. The van der Waals surface area contributed by atoms with Gasteiger partial charge in [-0.1, -0.05) is 78.9 Å². The summed E-state index contributed by atoms with van der Waals surface area (Å²) >= 11 is 0. The first-order valence-corrected chi connectivity index (χ1v) is 9.35. The van der Waals surface area contributed by atoms with E-state index in [-0.39, 0.29) is 5.56 Å². The van der Waals surface area contributed by atoms with E-state index in [1.807, 2.05) is 66.7 Å². The smallest absolute Gasteiger partial charge is 0.278 e. The molecule has 0 amide bonds. The Morgan fingerprint density at radius 2 is 1.32 bits per heavy atom. The van der Waals surface area contributed by atoms with Gasteiger partial charge in [-0.2, -0.15) is 0 Å². The zero-order valence-corrected chi connectivity index (χ0v) is 15.3. The lowest BCUT2D eigenvalue weighted by Gasteiger charge is -2.09. The van der Waals surface area contributed by atoms with Gasteiger partial charge in [0.1, 0.15) is 11.0 Å². The van der Waals surface area contributed by atoms with E-state index in [4.69, 9.17) is 0 Å². The molecule has 136 valence electrons. The Morgan fingerprint density at radius 3 is 2.04 bits per heavy atom. The van der Waals surface area contributed by atoms with Crippen molar-refractivity contribution >= 4 is 21.9 Å². The van der Waals surface area contributed by atoms with E-state index in [0.29, 0.717) is 18.6 Å². The molecule has 0 saturated carbocycles. The first-order valence-electron chi connectivity index (χ1n) is 9.35. The first kappa shape index (κ1) is 16.5. The molecule has 0 aliphatic carbocycles. The second kappa shape index (κ2) is 6.82. The summed E-state index contributed by atoms with van der Waals surface area (Å²) in [7, 11) is 0. The van der Waals surface area contributed by atoms with Crippen LogP contribution >= 0.6 is 0 Å². The number of benzene rings is 3. The van der Waals surface area contributed by atoms with Gasteiger partial charge in [-0.3, -0.25) is 9.36 Å². The van der Waals surface area contributed by atoms with Crippen molar-refractivity contribution in [2.75, 3.05) is 0 Å². The molecule has 0 N–H and O–H groups in total. The molecule has 0 spiro atoms. The summed E-state index contributed by atoms with van der Waals surface area (Å²) in [6.07, 6.45) is 1.66. The lowest BCUT2D eigenvalue weighted by atomic mass is 10.2. The second-order valence-corrected chi connectivity index (χ2v) is 6.95. The summed E-state index contributed by atoms with van der Waals surface area (Å²) in [6, 6.07) is 28.3. The van der Waals surface area contributed by atoms with Crippen LogP contribution in [0.3, 0.4) is 0 Å². The van der Waals surface area contributed by atoms with Gasteiger partial charge >= 0.3 is 0 Å². The van der Waals surface area contributed by atoms with Crippen LogP contribution in [-0.4, -0.2) is 14.1 Å². The van der Waals surface area contributed by atoms with Crippen molar-refractivity contribution in [2.45, 2.75) is 13.1 Å². The predicted molar refractivity (Wildman–Crippen MR) is 113 cm³/mol. The highest BCUT2D eigenvalue weighted by Crippen LogP contribution is 2.26. The molecule has 0 unspecified atom stereocenters. The monoisotopic (exact) mass is 365 g/mol. The van der Waals surface area contributed by atoms with Gasteiger partial charge in [-0.05, 0) is 17.2 Å². The minimum Gasteiger partial charge on any atom is -0.330 e. The molecule has 5 aromatic rings. The highest BCUT2D eigenvalue weighted by atomic mass is 16.1. The number of fused-ring (bicyclic) bond motifs is 3. The lowest BCUT2D eigenvalue weighted by molar-refractivity contribution is 0.737. The van der Waals surface area contributed by atoms with E-state index in [2.05, 4.69) is 27.8 Å². The fraction of sp³-hybridized carbons (Fsp3) is 0.0833. The van der Waals surface area contributed by atoms with Gasteiger partial charge in [-0.15, -0.1) is 0 Å². The standard InChI is InChI=1S/C24H19N3O/c28-24-23-22(25-17-26(24)15-18-9-3-1-4-10-18)20-13-7-8-14-21(20)27(23)16-19-11-5-2-6-12-19/h1-14,17H,15-16H2. The number of nitrogens with zero attached hydrogens (tertiary/aromatic N) is 3. The Bertz CT molecular complexity index is 1320. The molecular formula is C24H19N3O. The van der Waals surface area contributed by atoms with Crippen molar-refractivity contribution in [1.82, 2.24) is 14.1 Å². The third-order valence-electron chi connectivity index (χ3n) is 5.11. The van der Waals surface area contributed by atoms with Crippen LogP contribution in [-0.2, 0) is 13.1 Å². The number of aromatic nitrogens is 3. The van der Waals surface area contributed by atoms with E-state index in [9.17, 15) is 4.79 Å². The molecule has 0 fully saturated rings. The quantitative estimate of drug-likeness (QED) is 0.472. The molecule has 0 radical (unpaired) electrons. The van der Waals surface area contributed by atoms with Gasteiger partial charge in [-0.25, -0.2) is 4.98 Å². The summed E-state index contributed by atoms with van der Waals surface area (Å²) in [6.45, 7) is 1.15. The number of para-hydroxylation sites is 1. The number of hydrogen-bond acceptors (Lipinski definition) is 2. The van der Waals surface area contributed by atoms with Crippen molar-refractivity contribution in [2.24, 2.45) is 0 Å². The van der Waals surface area contributed by atoms with E-state index in [1.54, 1.807) is 10.9 Å². The van der Waals surface area contributed by atoms with Crippen LogP contribution < -0.4 is 5.56 Å². The topological polar surface area (TPSA) is 39.8 Å². The molecule has 5 rings (SSSR count). The molecule has 28 heavy (non-hydrogen) atoms. The third kappa shape index (κ3) is 2.79. The van der Waals surface area contributed by atoms with Crippen molar-refractivity contribution in [1.29, 1.82) is 0 Å². The summed E-state index contributed by atoms with van der Waals surface area (Å²) < 4.78 is 3.79. The number of rotatable bonds is 4. The summed E-state index contributed by atoms with van der Waals surface area (Å²) in [4.78, 5) is 18.1. The Hall–Kier alpha value is -3.66. The van der Waals surface area contributed by atoms with Crippen LogP contribution in [0.2, 0.25) is 0 Å². The maximum atomic E-state index is 13.4. The molecule has 0 saturated heterocycles. The van der Waals surface area contributed by atoms with E-state index < -0.39 is 0 Å². The lowest BCUT2D eigenvalue weighted by Crippen LogP contribution is -2.23. The van der Waals surface area contributed by atoms with Crippen molar-refractivity contribution in [3.63, 3.8) is 0 Å². The van der Waals surface area contributed by atoms with E-state index in [1.165, 1.54) is 0 Å². The SMILES string of the molecule is O=c1c2c(ncn1Cc1ccccc1)c1ccccc1n2Cc1ccccc1. The number of hydrogen-bond donors (Lipinski definition) is 0. The normalized spacial score (nSPS) is 11.3. The second-order valence-electron chi connectivity index (χ2n) is 6.95. The first-order chi connectivity index (χ1) is 13.8. The highest BCUT2D eigenvalue weighted by molar-refractivity contribution is 6.05. The van der Waals surface area contributed by atoms with Gasteiger partial charge in [0.25, 0.3) is 5.56 Å². The summed E-state index contributed by atoms with van der Waals surface area (Å²) in [5.41, 5.74) is 4.67. The third-order valence-corrected chi connectivity index (χ3v) is 5.11. The molecule has 4 nitrogen and oxygen atoms in total. The van der Waals surface area contributed by atoms with Crippen molar-refractivity contribution < 1.29 is 0 Å². The molecule has 3 aromatic carbocycles. The van der Waals surface area contributed by atoms with Crippen LogP contribution in [0.15, 0.2) is 96.1 Å². The van der Waals surface area contributed by atoms with Crippen LogP contribution in [0.5, 0.6) is 0 Å². The van der Waals surface area contributed by atoms with Crippen LogP contribution in [0, 0.1) is 0 Å². The van der Waals surface area contributed by atoms with Crippen molar-refractivity contribution in [3.05, 3.63) is 113 Å². The van der Waals surface area contributed by atoms with Crippen LogP contribution in [0.1, 0.15) is 11.1 Å². The zero-order valence-electron chi connectivity index (χ0n) is 15.3. The van der Waals surface area contributed by atoms with Gasteiger partial charge in [0.15, 0.2) is 0 Å². The van der Waals surface area contributed by atoms with Crippen LogP contribution in [0.4, 0.5) is 0 Å². The molecule has 4 heteroatoms. The molecule has 2 aromatic heterocycles. The van der Waals surface area contributed by atoms with Gasteiger partial charge in [0.2, 0.25) is 0 Å². The van der Waals surface area contributed by atoms with Gasteiger partial charge in [0.05, 0.1) is 18.4 Å². The zero-order chi connectivity index (χ0) is 18.9.